The van der Waals surface area contributed by atoms with E-state index in [1.807, 2.05) is 0 Å². The maximum absolute atomic E-state index is 12.3. The van der Waals surface area contributed by atoms with Gasteiger partial charge in [-0.3, -0.25) is 14.4 Å². The summed E-state index contributed by atoms with van der Waals surface area (Å²) in [6.07, 6.45) is 5.99. The van der Waals surface area contributed by atoms with Crippen molar-refractivity contribution in [3.63, 3.8) is 0 Å². The number of likely N-dealkylation sites (N-methyl/N-ethyl adjacent to an activating group) is 1. The maximum atomic E-state index is 12.3. The quantitative estimate of drug-likeness (QED) is 0.288. The molecular formula is C16H27N5O4. The molecule has 0 rings (SSSR count). The fourth-order valence-corrected chi connectivity index (χ4v) is 1.68. The highest BCUT2D eigenvalue weighted by Gasteiger charge is 2.22. The van der Waals surface area contributed by atoms with Gasteiger partial charge < -0.3 is 26.6 Å². The molecule has 5 N–H and O–H groups in total. The molecule has 25 heavy (non-hydrogen) atoms. The predicted molar refractivity (Wildman–Crippen MR) is 94.6 cm³/mol. The largest absolute Gasteiger partial charge is 0.356 e. The second-order valence-corrected chi connectivity index (χ2v) is 5.23. The minimum Gasteiger partial charge on any atom is -0.356 e. The third kappa shape index (κ3) is 9.14. The molecule has 140 valence electrons. The van der Waals surface area contributed by atoms with E-state index in [-0.39, 0.29) is 5.91 Å². The van der Waals surface area contributed by atoms with E-state index in [0.29, 0.717) is 0 Å². The molecule has 0 aromatic carbocycles. The molecule has 9 heteroatoms. The zero-order valence-electron chi connectivity index (χ0n) is 15.2. The van der Waals surface area contributed by atoms with Crippen LogP contribution in [0.25, 0.3) is 0 Å². The van der Waals surface area contributed by atoms with Gasteiger partial charge >= 0.3 is 6.03 Å². The third-order valence-corrected chi connectivity index (χ3v) is 3.09. The lowest BCUT2D eigenvalue weighted by Gasteiger charge is -2.20. The molecule has 9 nitrogen and oxygen atoms in total. The number of hydrogen-bond donors (Lipinski definition) is 5. The number of nitrogens with one attached hydrogen (secondary N) is 5. The number of rotatable bonds is 8. The van der Waals surface area contributed by atoms with Crippen molar-refractivity contribution in [3.8, 4) is 0 Å². The number of hydrogen-bond acceptors (Lipinski definition) is 4. The van der Waals surface area contributed by atoms with Crippen LogP contribution in [0.15, 0.2) is 24.3 Å². The molecule has 0 fully saturated rings. The molecule has 0 aromatic rings. The van der Waals surface area contributed by atoms with Crippen molar-refractivity contribution in [1.82, 2.24) is 26.6 Å². The fraction of sp³-hybridized carbons (Fsp3) is 0.500. The van der Waals surface area contributed by atoms with Crippen LogP contribution in [-0.2, 0) is 14.4 Å². The Kier molecular flexibility index (Phi) is 10.3. The van der Waals surface area contributed by atoms with E-state index >= 15 is 0 Å². The zero-order valence-corrected chi connectivity index (χ0v) is 15.2. The van der Waals surface area contributed by atoms with Crippen LogP contribution < -0.4 is 26.6 Å². The summed E-state index contributed by atoms with van der Waals surface area (Å²) < 4.78 is 0. The average Bonchev–Trinajstić information content (AvgIpc) is 2.58. The number of carbonyl (C=O) groups excluding carboxylic acids is 4. The second-order valence-electron chi connectivity index (χ2n) is 5.23. The van der Waals surface area contributed by atoms with Gasteiger partial charge in [0.05, 0.1) is 0 Å². The molecule has 5 amide bonds. The minimum atomic E-state index is -0.901. The van der Waals surface area contributed by atoms with Crippen LogP contribution in [0.2, 0.25) is 0 Å². The number of urea groups is 1. The Balaban J connectivity index is 4.79. The Labute approximate surface area is 147 Å². The molecule has 0 saturated carbocycles. The van der Waals surface area contributed by atoms with E-state index in [0.717, 1.165) is 0 Å². The van der Waals surface area contributed by atoms with Gasteiger partial charge in [-0.15, -0.1) is 0 Å². The van der Waals surface area contributed by atoms with Crippen LogP contribution in [0.1, 0.15) is 20.8 Å². The molecule has 3 atom stereocenters. The van der Waals surface area contributed by atoms with Gasteiger partial charge in [0.2, 0.25) is 17.7 Å². The number of allylic oxidation sites excluding steroid dienone is 1. The van der Waals surface area contributed by atoms with Crippen LogP contribution in [0.4, 0.5) is 4.79 Å². The van der Waals surface area contributed by atoms with Crippen molar-refractivity contribution in [2.75, 3.05) is 14.1 Å². The highest BCUT2D eigenvalue weighted by molar-refractivity contribution is 5.93. The summed E-state index contributed by atoms with van der Waals surface area (Å²) >= 11 is 0. The highest BCUT2D eigenvalue weighted by Crippen LogP contribution is 1.94. The van der Waals surface area contributed by atoms with E-state index in [9.17, 15) is 19.2 Å². The Morgan fingerprint density at radius 1 is 0.840 bits per heavy atom. The first kappa shape index (κ1) is 22.2. The third-order valence-electron chi connectivity index (χ3n) is 3.09. The predicted octanol–water partition coefficient (Wildman–Crippen LogP) is -0.828. The van der Waals surface area contributed by atoms with Crippen LogP contribution >= 0.6 is 0 Å². The molecule has 0 bridgehead atoms. The average molecular weight is 353 g/mol. The summed E-state index contributed by atoms with van der Waals surface area (Å²) in [5, 5.41) is 12.4. The molecule has 0 aliphatic heterocycles. The lowest BCUT2D eigenvalue weighted by molar-refractivity contribution is -0.128. The molecule has 0 spiro atoms. The minimum absolute atomic E-state index is 0.284. The molecule has 0 saturated heterocycles. The summed E-state index contributed by atoms with van der Waals surface area (Å²) in [6, 6.07) is -2.62. The van der Waals surface area contributed by atoms with E-state index in [1.165, 1.54) is 39.2 Å². The first-order chi connectivity index (χ1) is 11.7. The van der Waals surface area contributed by atoms with Gasteiger partial charge in [-0.2, -0.15) is 0 Å². The van der Waals surface area contributed by atoms with Crippen LogP contribution in [0.3, 0.4) is 0 Å². The first-order valence-electron chi connectivity index (χ1n) is 7.86. The normalized spacial score (nSPS) is 14.4. The summed E-state index contributed by atoms with van der Waals surface area (Å²) in [5.74, 6) is -1.23. The summed E-state index contributed by atoms with van der Waals surface area (Å²) in [4.78, 5) is 46.8. The second kappa shape index (κ2) is 11.7. The van der Waals surface area contributed by atoms with Gasteiger partial charge in [-0.25, -0.2) is 4.79 Å². The lowest BCUT2D eigenvalue weighted by Crippen LogP contribution is -2.54. The zero-order chi connectivity index (χ0) is 19.4. The SMILES string of the molecule is C/C=C/[C@H](NC(=O)C(C)NC(=O)NC)C(=O)N[C@@H](C)/C=C/C(=O)NC. The Bertz CT molecular complexity index is 545. The first-order valence-corrected chi connectivity index (χ1v) is 7.86. The van der Waals surface area contributed by atoms with E-state index in [1.54, 1.807) is 19.9 Å². The molecule has 0 aliphatic carbocycles. The van der Waals surface area contributed by atoms with Crippen molar-refractivity contribution < 1.29 is 19.2 Å². The topological polar surface area (TPSA) is 128 Å². The number of amides is 5. The van der Waals surface area contributed by atoms with Crippen molar-refractivity contribution in [2.24, 2.45) is 0 Å². The maximum Gasteiger partial charge on any atom is 0.315 e. The summed E-state index contributed by atoms with van der Waals surface area (Å²) in [7, 11) is 2.94. The smallest absolute Gasteiger partial charge is 0.315 e. The van der Waals surface area contributed by atoms with Gasteiger partial charge in [0.1, 0.15) is 12.1 Å². The highest BCUT2D eigenvalue weighted by atomic mass is 16.2. The molecule has 1 unspecified atom stereocenters. The molecule has 0 aliphatic rings. The van der Waals surface area contributed by atoms with Gasteiger partial charge in [0, 0.05) is 26.2 Å². The van der Waals surface area contributed by atoms with Crippen LogP contribution in [0.5, 0.6) is 0 Å². The number of carbonyl (C=O) groups is 4. The Morgan fingerprint density at radius 2 is 1.48 bits per heavy atom. The van der Waals surface area contributed by atoms with Crippen molar-refractivity contribution in [2.45, 2.75) is 38.9 Å². The Morgan fingerprint density at radius 3 is 2.00 bits per heavy atom. The lowest BCUT2D eigenvalue weighted by atomic mass is 10.2. The fourth-order valence-electron chi connectivity index (χ4n) is 1.68. The van der Waals surface area contributed by atoms with Gasteiger partial charge in [-0.1, -0.05) is 18.2 Å². The summed E-state index contributed by atoms with van der Waals surface area (Å²) in [6.45, 7) is 4.92. The van der Waals surface area contributed by atoms with E-state index in [2.05, 4.69) is 26.6 Å². The molecule has 0 radical (unpaired) electrons. The summed E-state index contributed by atoms with van der Waals surface area (Å²) in [5.41, 5.74) is 0. The Hall–Kier alpha value is -2.84. The van der Waals surface area contributed by atoms with Crippen LogP contribution in [0, 0.1) is 0 Å². The van der Waals surface area contributed by atoms with Gasteiger partial charge in [0.15, 0.2) is 0 Å². The van der Waals surface area contributed by atoms with Crippen molar-refractivity contribution >= 4 is 23.8 Å². The van der Waals surface area contributed by atoms with E-state index in [4.69, 9.17) is 0 Å². The molecule has 0 aromatic heterocycles. The van der Waals surface area contributed by atoms with E-state index < -0.39 is 36.0 Å². The van der Waals surface area contributed by atoms with Crippen molar-refractivity contribution in [3.05, 3.63) is 24.3 Å². The molecular weight excluding hydrogens is 326 g/mol. The van der Waals surface area contributed by atoms with Gasteiger partial charge in [0.25, 0.3) is 0 Å². The van der Waals surface area contributed by atoms with Gasteiger partial charge in [-0.05, 0) is 20.8 Å². The monoisotopic (exact) mass is 353 g/mol. The van der Waals surface area contributed by atoms with Crippen molar-refractivity contribution in [1.29, 1.82) is 0 Å². The van der Waals surface area contributed by atoms with Crippen LogP contribution in [-0.4, -0.2) is 56.0 Å². The standard InChI is InChI=1S/C16H27N5O4/c1-6-7-12(21-14(23)11(3)20-16(25)18-5)15(24)19-10(2)8-9-13(22)17-4/h6-12H,1-5H3,(H,17,22)(H,19,24)(H,21,23)(H2,18,20,25)/b7-6+,9-8+/t10-,11?,12-/m0/s1. The molecule has 0 heterocycles.